The van der Waals surface area contributed by atoms with Crippen molar-refractivity contribution in [1.29, 1.82) is 0 Å². The number of rotatable bonds is 9. The molecule has 0 atom stereocenters. The van der Waals surface area contributed by atoms with Crippen LogP contribution in [0.1, 0.15) is 94.7 Å². The Labute approximate surface area is 253 Å². The molecule has 7 saturated carbocycles. The summed E-state index contributed by atoms with van der Waals surface area (Å²) in [6.45, 7) is 0.581. The average Bonchev–Trinajstić information content (AvgIpc) is 3.70. The first-order valence-corrected chi connectivity index (χ1v) is 15.7. The molecule has 4 bridgehead atoms. The van der Waals surface area contributed by atoms with E-state index in [-0.39, 0.29) is 27.9 Å². The molecular formula is C34H35F4N3O3. The molecule has 10 rings (SSSR count). The predicted molar refractivity (Wildman–Crippen MR) is 154 cm³/mol. The Balaban J connectivity index is 1.04. The summed E-state index contributed by atoms with van der Waals surface area (Å²) in [7, 11) is 0. The molecule has 0 aliphatic heterocycles. The Bertz CT molecular complexity index is 1550. The molecule has 0 saturated heterocycles. The van der Waals surface area contributed by atoms with Gasteiger partial charge in [-0.3, -0.25) is 4.79 Å². The van der Waals surface area contributed by atoms with Gasteiger partial charge in [0.2, 0.25) is 11.8 Å². The first-order valence-electron chi connectivity index (χ1n) is 15.7. The molecule has 10 heteroatoms. The first kappa shape index (κ1) is 28.1. The standard InChI is InChI=1S/C34H35F4N3O3/c35-33-18-31(19-33,20-33)17-27(42)41(25-3-1-2-24(16-25)22-6-8-26(9-7-22)43-34(36,37)38)21-30-10-13-32(14-11-30,15-12-30)29-39-28(40-44-29)23-4-5-23/h1-3,6-9,16,23H,4-5,10-15,17-21H2. The average molecular weight is 610 g/mol. The van der Waals surface area contributed by atoms with Crippen molar-refractivity contribution in [1.82, 2.24) is 10.1 Å². The van der Waals surface area contributed by atoms with Gasteiger partial charge in [-0.2, -0.15) is 4.98 Å². The van der Waals surface area contributed by atoms with Crippen molar-refractivity contribution in [2.45, 2.75) is 100 Å². The van der Waals surface area contributed by atoms with Gasteiger partial charge in [-0.25, -0.2) is 4.39 Å². The van der Waals surface area contributed by atoms with Crippen LogP contribution in [0.3, 0.4) is 0 Å². The Kier molecular flexibility index (Phi) is 6.08. The molecule has 0 N–H and O–H groups in total. The number of fused-ring (bicyclic) bond motifs is 3. The first-order chi connectivity index (χ1) is 20.9. The van der Waals surface area contributed by atoms with Crippen molar-refractivity contribution < 1.29 is 31.6 Å². The molecule has 1 aromatic heterocycles. The van der Waals surface area contributed by atoms with E-state index in [1.54, 1.807) is 12.1 Å². The lowest BCUT2D eigenvalue weighted by Crippen LogP contribution is -2.65. The van der Waals surface area contributed by atoms with Gasteiger partial charge in [0.05, 0.1) is 0 Å². The van der Waals surface area contributed by atoms with Gasteiger partial charge in [0.25, 0.3) is 0 Å². The van der Waals surface area contributed by atoms with E-state index in [1.807, 2.05) is 29.2 Å². The van der Waals surface area contributed by atoms with E-state index in [0.29, 0.717) is 38.1 Å². The number of hydrogen-bond acceptors (Lipinski definition) is 5. The number of carbonyl (C=O) groups is 1. The molecule has 6 nitrogen and oxygen atoms in total. The van der Waals surface area contributed by atoms with E-state index < -0.39 is 12.0 Å². The van der Waals surface area contributed by atoms with Crippen molar-refractivity contribution in [3.05, 3.63) is 60.2 Å². The van der Waals surface area contributed by atoms with Gasteiger partial charge in [-0.05, 0) is 117 Å². The lowest BCUT2D eigenvalue weighted by molar-refractivity contribution is -0.274. The van der Waals surface area contributed by atoms with Crippen molar-refractivity contribution in [2.24, 2.45) is 10.8 Å². The van der Waals surface area contributed by atoms with Gasteiger partial charge in [0.15, 0.2) is 5.82 Å². The van der Waals surface area contributed by atoms with Gasteiger partial charge in [-0.15, -0.1) is 13.2 Å². The van der Waals surface area contributed by atoms with Crippen LogP contribution < -0.4 is 9.64 Å². The quantitative estimate of drug-likeness (QED) is 0.228. The largest absolute Gasteiger partial charge is 0.573 e. The summed E-state index contributed by atoms with van der Waals surface area (Å²) < 4.78 is 62.2. The molecule has 7 aliphatic rings. The second-order valence-electron chi connectivity index (χ2n) is 14.5. The number of halogens is 4. The Morgan fingerprint density at radius 3 is 2.23 bits per heavy atom. The summed E-state index contributed by atoms with van der Waals surface area (Å²) in [5.41, 5.74) is 0.848. The minimum atomic E-state index is -4.76. The van der Waals surface area contributed by atoms with Crippen molar-refractivity contribution in [3.8, 4) is 16.9 Å². The topological polar surface area (TPSA) is 68.5 Å². The van der Waals surface area contributed by atoms with Crippen LogP contribution in [-0.2, 0) is 10.2 Å². The van der Waals surface area contributed by atoms with Crippen molar-refractivity contribution in [3.63, 3.8) is 0 Å². The molecule has 3 aromatic rings. The predicted octanol–water partition coefficient (Wildman–Crippen LogP) is 8.42. The molecule has 232 valence electrons. The lowest BCUT2D eigenvalue weighted by Gasteiger charge is -2.66. The summed E-state index contributed by atoms with van der Waals surface area (Å²) in [5, 5.41) is 4.28. The zero-order valence-corrected chi connectivity index (χ0v) is 24.5. The molecule has 7 fully saturated rings. The minimum Gasteiger partial charge on any atom is -0.406 e. The monoisotopic (exact) mass is 609 g/mol. The number of amides is 1. The second kappa shape index (κ2) is 9.54. The van der Waals surface area contributed by atoms with E-state index in [0.717, 1.165) is 79.9 Å². The van der Waals surface area contributed by atoms with Crippen LogP contribution in [0.2, 0.25) is 0 Å². The van der Waals surface area contributed by atoms with E-state index in [1.165, 1.54) is 12.1 Å². The highest BCUT2D eigenvalue weighted by molar-refractivity contribution is 5.95. The van der Waals surface area contributed by atoms with E-state index in [2.05, 4.69) is 9.89 Å². The van der Waals surface area contributed by atoms with Crippen LogP contribution in [-0.4, -0.2) is 34.6 Å². The highest BCUT2D eigenvalue weighted by Gasteiger charge is 2.69. The Morgan fingerprint density at radius 1 is 0.932 bits per heavy atom. The number of carbonyl (C=O) groups excluding carboxylic acids is 1. The van der Waals surface area contributed by atoms with Crippen LogP contribution in [0.15, 0.2) is 53.1 Å². The number of benzene rings is 2. The van der Waals surface area contributed by atoms with Crippen LogP contribution in [0.5, 0.6) is 5.75 Å². The molecule has 2 aromatic carbocycles. The Hall–Kier alpha value is -3.43. The van der Waals surface area contributed by atoms with Crippen LogP contribution in [0.25, 0.3) is 11.1 Å². The SMILES string of the molecule is O=C(CC12CC(F)(C1)C2)N(CC12CCC(c3nc(C4CC4)no3)(CC1)CC2)c1cccc(-c2ccc(OC(F)(F)F)cc2)c1. The van der Waals surface area contributed by atoms with E-state index in [4.69, 9.17) is 9.51 Å². The maximum absolute atomic E-state index is 14.4. The maximum Gasteiger partial charge on any atom is 0.573 e. The fourth-order valence-electron chi connectivity index (χ4n) is 8.60. The van der Waals surface area contributed by atoms with Gasteiger partial charge < -0.3 is 14.2 Å². The molecule has 0 radical (unpaired) electrons. The summed E-state index contributed by atoms with van der Waals surface area (Å²) in [6.07, 6.45) is 4.94. The van der Waals surface area contributed by atoms with Crippen LogP contribution in [0, 0.1) is 10.8 Å². The van der Waals surface area contributed by atoms with Gasteiger partial charge >= 0.3 is 6.36 Å². The van der Waals surface area contributed by atoms with Crippen molar-refractivity contribution in [2.75, 3.05) is 11.4 Å². The molecule has 44 heavy (non-hydrogen) atoms. The van der Waals surface area contributed by atoms with Gasteiger partial charge in [0.1, 0.15) is 11.4 Å². The van der Waals surface area contributed by atoms with Crippen molar-refractivity contribution >= 4 is 11.6 Å². The molecule has 1 heterocycles. The summed E-state index contributed by atoms with van der Waals surface area (Å²) in [5.74, 6) is 1.81. The van der Waals surface area contributed by atoms with Crippen LogP contribution in [0.4, 0.5) is 23.2 Å². The smallest absolute Gasteiger partial charge is 0.406 e. The van der Waals surface area contributed by atoms with Gasteiger partial charge in [-0.1, -0.05) is 29.4 Å². The number of aromatic nitrogens is 2. The number of ether oxygens (including phenoxy) is 1. The molecule has 0 unspecified atom stereocenters. The zero-order chi connectivity index (χ0) is 30.4. The lowest BCUT2D eigenvalue weighted by atomic mass is 9.41. The second-order valence-corrected chi connectivity index (χ2v) is 14.5. The fourth-order valence-corrected chi connectivity index (χ4v) is 8.60. The molecule has 0 spiro atoms. The van der Waals surface area contributed by atoms with Crippen LogP contribution >= 0.6 is 0 Å². The molecule has 7 aliphatic carbocycles. The third kappa shape index (κ3) is 4.98. The minimum absolute atomic E-state index is 0.0144. The molecule has 1 amide bonds. The number of alkyl halides is 4. The highest BCUT2D eigenvalue weighted by atomic mass is 19.4. The molecular weight excluding hydrogens is 574 g/mol. The summed E-state index contributed by atoms with van der Waals surface area (Å²) in [6, 6.07) is 13.4. The fraction of sp³-hybridized carbons (Fsp3) is 0.559. The summed E-state index contributed by atoms with van der Waals surface area (Å²) in [4.78, 5) is 20.8. The highest BCUT2D eigenvalue weighted by Crippen LogP contribution is 2.71. The number of hydrogen-bond donors (Lipinski definition) is 0. The number of nitrogens with zero attached hydrogens (tertiary/aromatic N) is 3. The third-order valence-corrected chi connectivity index (χ3v) is 11.2. The summed E-state index contributed by atoms with van der Waals surface area (Å²) >= 11 is 0. The zero-order valence-electron chi connectivity index (χ0n) is 24.5. The number of anilines is 1. The van der Waals surface area contributed by atoms with E-state index >= 15 is 0 Å². The van der Waals surface area contributed by atoms with E-state index in [9.17, 15) is 22.4 Å². The third-order valence-electron chi connectivity index (χ3n) is 11.2. The maximum atomic E-state index is 14.4. The Morgan fingerprint density at radius 2 is 1.61 bits per heavy atom. The van der Waals surface area contributed by atoms with Gasteiger partial charge in [0, 0.05) is 30.0 Å². The normalized spacial score (nSPS) is 32.1.